The van der Waals surface area contributed by atoms with Crippen LogP contribution in [0.15, 0.2) is 36.5 Å². The number of nitrogens with one attached hydrogen (secondary N) is 1. The van der Waals surface area contributed by atoms with Gasteiger partial charge in [-0.05, 0) is 23.8 Å². The highest BCUT2D eigenvalue weighted by Crippen LogP contribution is 2.23. The molecule has 0 atom stereocenters. The lowest BCUT2D eigenvalue weighted by Crippen LogP contribution is -2.29. The maximum atomic E-state index is 12.2. The average molecular weight is 346 g/mol. The number of carbonyl (C=O) groups is 1. The van der Waals surface area contributed by atoms with Crippen molar-refractivity contribution in [3.63, 3.8) is 0 Å². The van der Waals surface area contributed by atoms with Gasteiger partial charge in [0.05, 0.1) is 10.6 Å². The van der Waals surface area contributed by atoms with E-state index in [0.717, 1.165) is 6.07 Å². The number of benzene rings is 1. The summed E-state index contributed by atoms with van der Waals surface area (Å²) in [6.45, 7) is 0.0226. The summed E-state index contributed by atoms with van der Waals surface area (Å²) in [5.74, 6) is -1.19. The Kier molecular flexibility index (Phi) is 4.65. The molecule has 0 fully saturated rings. The van der Waals surface area contributed by atoms with Crippen molar-refractivity contribution in [1.29, 1.82) is 5.41 Å². The van der Waals surface area contributed by atoms with Crippen molar-refractivity contribution in [2.24, 2.45) is 5.73 Å². The van der Waals surface area contributed by atoms with Gasteiger partial charge in [0.2, 0.25) is 0 Å². The van der Waals surface area contributed by atoms with E-state index in [1.165, 1.54) is 29.0 Å². The summed E-state index contributed by atoms with van der Waals surface area (Å²) in [6, 6.07) is 6.55. The fourth-order valence-electron chi connectivity index (χ4n) is 1.96. The molecule has 0 aliphatic carbocycles. The van der Waals surface area contributed by atoms with E-state index in [9.17, 15) is 18.0 Å². The molecule has 9 heteroatoms. The minimum absolute atomic E-state index is 0.0226. The van der Waals surface area contributed by atoms with Crippen molar-refractivity contribution in [2.75, 3.05) is 0 Å². The lowest BCUT2D eigenvalue weighted by atomic mass is 10.2. The van der Waals surface area contributed by atoms with Crippen molar-refractivity contribution < 1.29 is 22.7 Å². The Morgan fingerprint density at radius 1 is 1.35 bits per heavy atom. The van der Waals surface area contributed by atoms with Crippen LogP contribution in [0, 0.1) is 5.41 Å². The quantitative estimate of drug-likeness (QED) is 0.893. The molecule has 23 heavy (non-hydrogen) atoms. The molecule has 0 aliphatic rings. The zero-order chi connectivity index (χ0) is 17.2. The van der Waals surface area contributed by atoms with E-state index in [2.05, 4.69) is 4.74 Å². The number of rotatable bonds is 4. The van der Waals surface area contributed by atoms with E-state index in [4.69, 9.17) is 22.7 Å². The van der Waals surface area contributed by atoms with E-state index in [-0.39, 0.29) is 28.4 Å². The van der Waals surface area contributed by atoms with Gasteiger partial charge in [0.15, 0.2) is 0 Å². The van der Waals surface area contributed by atoms with Gasteiger partial charge in [-0.15, -0.1) is 13.2 Å². The molecule has 5 nitrogen and oxygen atoms in total. The summed E-state index contributed by atoms with van der Waals surface area (Å²) in [6.07, 6.45) is -3.41. The lowest BCUT2D eigenvalue weighted by Gasteiger charge is -2.12. The summed E-state index contributed by atoms with van der Waals surface area (Å²) in [5.41, 5.74) is 5.32. The minimum Gasteiger partial charge on any atom is -0.406 e. The number of nitrogens with zero attached hydrogens (tertiary/aromatic N) is 1. The third-order valence-corrected chi connectivity index (χ3v) is 3.06. The van der Waals surface area contributed by atoms with Crippen molar-refractivity contribution >= 4 is 17.5 Å². The average Bonchev–Trinajstić information content (AvgIpc) is 2.40. The van der Waals surface area contributed by atoms with Crippen molar-refractivity contribution in [3.8, 4) is 5.75 Å². The molecule has 1 aromatic heterocycles. The number of aromatic nitrogens is 1. The first-order chi connectivity index (χ1) is 10.7. The summed E-state index contributed by atoms with van der Waals surface area (Å²) in [5, 5.41) is 8.09. The summed E-state index contributed by atoms with van der Waals surface area (Å²) >= 11 is 5.87. The highest BCUT2D eigenvalue weighted by Gasteiger charge is 2.31. The zero-order valence-electron chi connectivity index (χ0n) is 11.5. The number of primary amides is 1. The molecule has 1 amide bonds. The van der Waals surface area contributed by atoms with Crippen LogP contribution in [0.3, 0.4) is 0 Å². The van der Waals surface area contributed by atoms with Crippen LogP contribution in [-0.2, 0) is 6.54 Å². The van der Waals surface area contributed by atoms with Crippen LogP contribution in [0.4, 0.5) is 13.2 Å². The van der Waals surface area contributed by atoms with Gasteiger partial charge in [-0.2, -0.15) is 0 Å². The number of carbonyl (C=O) groups excluding carboxylic acids is 1. The predicted molar refractivity (Wildman–Crippen MR) is 76.0 cm³/mol. The molecular formula is C14H11ClF3N3O2. The minimum atomic E-state index is -4.79. The number of hydrogen-bond acceptors (Lipinski definition) is 3. The summed E-state index contributed by atoms with van der Waals surface area (Å²) in [4.78, 5) is 11.3. The Morgan fingerprint density at radius 2 is 2.04 bits per heavy atom. The van der Waals surface area contributed by atoms with Gasteiger partial charge in [-0.1, -0.05) is 23.7 Å². The van der Waals surface area contributed by atoms with Crippen molar-refractivity contribution in [2.45, 2.75) is 12.9 Å². The molecule has 1 heterocycles. The van der Waals surface area contributed by atoms with Crippen molar-refractivity contribution in [1.82, 2.24) is 4.57 Å². The number of hydrogen-bond donors (Lipinski definition) is 2. The van der Waals surface area contributed by atoms with Crippen LogP contribution in [0.5, 0.6) is 5.75 Å². The van der Waals surface area contributed by atoms with Gasteiger partial charge in [0.1, 0.15) is 11.2 Å². The molecular weight excluding hydrogens is 335 g/mol. The second-order valence-corrected chi connectivity index (χ2v) is 5.04. The molecule has 2 rings (SSSR count). The zero-order valence-corrected chi connectivity index (χ0v) is 12.3. The van der Waals surface area contributed by atoms with Gasteiger partial charge < -0.3 is 15.0 Å². The standard InChI is InChI=1S/C14H11ClF3N3O2/c15-9-5-11(13(20)22)12(19)21(7-9)6-8-2-1-3-10(4-8)23-14(16,17)18/h1-5,7,19H,6H2,(H2,20,22). The van der Waals surface area contributed by atoms with E-state index < -0.39 is 12.3 Å². The highest BCUT2D eigenvalue weighted by molar-refractivity contribution is 6.30. The molecule has 0 unspecified atom stereocenters. The van der Waals surface area contributed by atoms with E-state index in [1.807, 2.05) is 0 Å². The Bertz CT molecular complexity index is 803. The fourth-order valence-corrected chi connectivity index (χ4v) is 2.19. The third-order valence-electron chi connectivity index (χ3n) is 2.85. The number of amides is 1. The first-order valence-electron chi connectivity index (χ1n) is 6.25. The predicted octanol–water partition coefficient (Wildman–Crippen LogP) is 2.67. The van der Waals surface area contributed by atoms with Crippen LogP contribution >= 0.6 is 11.6 Å². The van der Waals surface area contributed by atoms with Gasteiger partial charge in [-0.3, -0.25) is 10.2 Å². The second-order valence-electron chi connectivity index (χ2n) is 4.61. The molecule has 0 aliphatic heterocycles. The van der Waals surface area contributed by atoms with Gasteiger partial charge in [0, 0.05) is 12.7 Å². The van der Waals surface area contributed by atoms with Crippen LogP contribution in [-0.4, -0.2) is 16.8 Å². The monoisotopic (exact) mass is 345 g/mol. The van der Waals surface area contributed by atoms with E-state index in [1.54, 1.807) is 6.07 Å². The Morgan fingerprint density at radius 3 is 2.65 bits per heavy atom. The van der Waals surface area contributed by atoms with Gasteiger partial charge >= 0.3 is 6.36 Å². The van der Waals surface area contributed by atoms with Crippen molar-refractivity contribution in [3.05, 3.63) is 58.2 Å². The highest BCUT2D eigenvalue weighted by atomic mass is 35.5. The Labute approximate surface area is 133 Å². The molecule has 0 spiro atoms. The molecule has 1 aromatic carbocycles. The third kappa shape index (κ3) is 4.49. The molecule has 3 N–H and O–H groups in total. The molecule has 0 saturated carbocycles. The number of pyridine rings is 1. The second kappa shape index (κ2) is 6.33. The first-order valence-corrected chi connectivity index (χ1v) is 6.62. The van der Waals surface area contributed by atoms with Gasteiger partial charge in [0.25, 0.3) is 5.91 Å². The normalized spacial score (nSPS) is 11.3. The first kappa shape index (κ1) is 16.9. The summed E-state index contributed by atoms with van der Waals surface area (Å²) in [7, 11) is 0. The van der Waals surface area contributed by atoms with Crippen LogP contribution < -0.4 is 16.0 Å². The molecule has 0 radical (unpaired) electrons. The van der Waals surface area contributed by atoms with Crippen LogP contribution in [0.2, 0.25) is 5.02 Å². The fraction of sp³-hybridized carbons (Fsp3) is 0.143. The summed E-state index contributed by atoms with van der Waals surface area (Å²) < 4.78 is 41.8. The Hall–Kier alpha value is -2.48. The lowest BCUT2D eigenvalue weighted by molar-refractivity contribution is -0.274. The van der Waals surface area contributed by atoms with Crippen LogP contribution in [0.25, 0.3) is 0 Å². The maximum Gasteiger partial charge on any atom is 0.573 e. The molecule has 2 aromatic rings. The number of ether oxygens (including phenoxy) is 1. The number of alkyl halides is 3. The van der Waals surface area contributed by atoms with Gasteiger partial charge in [-0.25, -0.2) is 0 Å². The smallest absolute Gasteiger partial charge is 0.406 e. The largest absolute Gasteiger partial charge is 0.573 e. The van der Waals surface area contributed by atoms with Crippen LogP contribution in [0.1, 0.15) is 15.9 Å². The van der Waals surface area contributed by atoms with E-state index >= 15 is 0 Å². The number of halogens is 4. The Balaban J connectivity index is 2.35. The van der Waals surface area contributed by atoms with E-state index in [0.29, 0.717) is 5.56 Å². The topological polar surface area (TPSA) is 81.1 Å². The SMILES string of the molecule is N=c1c(C(N)=O)cc(Cl)cn1Cc1cccc(OC(F)(F)F)c1. The maximum absolute atomic E-state index is 12.2. The molecule has 122 valence electrons. The molecule has 0 bridgehead atoms. The molecule has 0 saturated heterocycles. The number of nitrogens with two attached hydrogens (primary N) is 1.